The molecule has 2 unspecified atom stereocenters. The first-order valence-corrected chi connectivity index (χ1v) is 7.04. The fourth-order valence-corrected chi connectivity index (χ4v) is 3.05. The van der Waals surface area contributed by atoms with E-state index in [-0.39, 0.29) is 17.9 Å². The molecule has 0 bridgehead atoms. The lowest BCUT2D eigenvalue weighted by Crippen LogP contribution is -2.33. The first kappa shape index (κ1) is 13.0. The van der Waals surface area contributed by atoms with Crippen LogP contribution in [0.5, 0.6) is 0 Å². The SMILES string of the molecule is O=C(NC1CCC(C(=O)O)C1)c1ccc2c(c1)CCN2. The number of rotatable bonds is 3. The zero-order valence-corrected chi connectivity index (χ0v) is 11.2. The van der Waals surface area contributed by atoms with Crippen molar-refractivity contribution in [2.24, 2.45) is 5.92 Å². The molecule has 1 aromatic carbocycles. The Bertz CT molecular complexity index is 556. The number of hydrogen-bond acceptors (Lipinski definition) is 3. The minimum absolute atomic E-state index is 0.0185. The van der Waals surface area contributed by atoms with Crippen molar-refractivity contribution in [2.75, 3.05) is 11.9 Å². The average Bonchev–Trinajstić information content (AvgIpc) is 3.05. The number of fused-ring (bicyclic) bond motifs is 1. The molecule has 1 heterocycles. The van der Waals surface area contributed by atoms with Gasteiger partial charge in [-0.05, 0) is 49.4 Å². The van der Waals surface area contributed by atoms with Gasteiger partial charge in [0.1, 0.15) is 0 Å². The summed E-state index contributed by atoms with van der Waals surface area (Å²) in [4.78, 5) is 23.1. The molecular formula is C15H18N2O3. The molecule has 0 spiro atoms. The zero-order valence-electron chi connectivity index (χ0n) is 11.2. The number of amides is 1. The van der Waals surface area contributed by atoms with Gasteiger partial charge in [-0.3, -0.25) is 9.59 Å². The third-order valence-corrected chi connectivity index (χ3v) is 4.19. The summed E-state index contributed by atoms with van der Waals surface area (Å²) in [6, 6.07) is 5.66. The molecule has 1 amide bonds. The molecule has 5 heteroatoms. The molecule has 1 aromatic rings. The highest BCUT2D eigenvalue weighted by atomic mass is 16.4. The molecule has 5 nitrogen and oxygen atoms in total. The number of benzene rings is 1. The van der Waals surface area contributed by atoms with E-state index in [0.717, 1.165) is 25.1 Å². The number of carbonyl (C=O) groups excluding carboxylic acids is 1. The normalized spacial score (nSPS) is 24.0. The van der Waals surface area contributed by atoms with Crippen molar-refractivity contribution in [1.82, 2.24) is 5.32 Å². The monoisotopic (exact) mass is 274 g/mol. The van der Waals surface area contributed by atoms with Crippen LogP contribution >= 0.6 is 0 Å². The Hall–Kier alpha value is -2.04. The van der Waals surface area contributed by atoms with Gasteiger partial charge in [0.05, 0.1) is 5.92 Å². The first-order chi connectivity index (χ1) is 9.63. The van der Waals surface area contributed by atoms with Crippen molar-refractivity contribution in [3.8, 4) is 0 Å². The van der Waals surface area contributed by atoms with Crippen LogP contribution in [0.25, 0.3) is 0 Å². The second kappa shape index (κ2) is 5.15. The molecule has 2 atom stereocenters. The Labute approximate surface area is 117 Å². The Morgan fingerprint density at radius 1 is 1.30 bits per heavy atom. The predicted molar refractivity (Wildman–Crippen MR) is 74.9 cm³/mol. The molecule has 1 aliphatic carbocycles. The number of carbonyl (C=O) groups is 2. The summed E-state index contributed by atoms with van der Waals surface area (Å²) in [7, 11) is 0. The van der Waals surface area contributed by atoms with Crippen LogP contribution in [0.4, 0.5) is 5.69 Å². The molecular weight excluding hydrogens is 256 g/mol. The van der Waals surface area contributed by atoms with Gasteiger partial charge >= 0.3 is 5.97 Å². The van der Waals surface area contributed by atoms with Crippen LogP contribution in [0.3, 0.4) is 0 Å². The van der Waals surface area contributed by atoms with Crippen molar-refractivity contribution >= 4 is 17.6 Å². The third kappa shape index (κ3) is 2.48. The summed E-state index contributed by atoms with van der Waals surface area (Å²) in [6.45, 7) is 0.920. The molecule has 20 heavy (non-hydrogen) atoms. The Morgan fingerprint density at radius 3 is 2.90 bits per heavy atom. The van der Waals surface area contributed by atoms with Gasteiger partial charge < -0.3 is 15.7 Å². The third-order valence-electron chi connectivity index (χ3n) is 4.19. The summed E-state index contributed by atoms with van der Waals surface area (Å²) in [5, 5.41) is 15.2. The fourth-order valence-electron chi connectivity index (χ4n) is 3.05. The molecule has 0 radical (unpaired) electrons. The van der Waals surface area contributed by atoms with E-state index in [2.05, 4.69) is 10.6 Å². The van der Waals surface area contributed by atoms with E-state index in [4.69, 9.17) is 5.11 Å². The van der Waals surface area contributed by atoms with Crippen LogP contribution in [0.1, 0.15) is 35.2 Å². The molecule has 3 N–H and O–H groups in total. The van der Waals surface area contributed by atoms with Crippen molar-refractivity contribution in [2.45, 2.75) is 31.7 Å². The van der Waals surface area contributed by atoms with Crippen molar-refractivity contribution in [1.29, 1.82) is 0 Å². The largest absolute Gasteiger partial charge is 0.481 e. The van der Waals surface area contributed by atoms with Crippen molar-refractivity contribution < 1.29 is 14.7 Å². The van der Waals surface area contributed by atoms with E-state index in [1.54, 1.807) is 0 Å². The molecule has 106 valence electrons. The standard InChI is InChI=1S/C15H18N2O3/c18-14(17-12-3-1-11(8-12)15(19)20)10-2-4-13-9(7-10)5-6-16-13/h2,4,7,11-12,16H,1,3,5-6,8H2,(H,17,18)(H,19,20). The first-order valence-electron chi connectivity index (χ1n) is 7.04. The molecule has 0 aromatic heterocycles. The van der Waals surface area contributed by atoms with Gasteiger partial charge in [-0.2, -0.15) is 0 Å². The van der Waals surface area contributed by atoms with Crippen molar-refractivity contribution in [3.63, 3.8) is 0 Å². The van der Waals surface area contributed by atoms with Crippen LogP contribution in [-0.2, 0) is 11.2 Å². The highest BCUT2D eigenvalue weighted by molar-refractivity contribution is 5.95. The minimum atomic E-state index is -0.759. The highest BCUT2D eigenvalue weighted by Crippen LogP contribution is 2.27. The molecule has 0 saturated heterocycles. The number of anilines is 1. The minimum Gasteiger partial charge on any atom is -0.481 e. The van der Waals surface area contributed by atoms with Crippen molar-refractivity contribution in [3.05, 3.63) is 29.3 Å². The van der Waals surface area contributed by atoms with E-state index < -0.39 is 5.97 Å². The molecule has 1 saturated carbocycles. The molecule has 3 rings (SSSR count). The van der Waals surface area contributed by atoms with Crippen LogP contribution in [-0.4, -0.2) is 29.6 Å². The van der Waals surface area contributed by atoms with Crippen LogP contribution < -0.4 is 10.6 Å². The summed E-state index contributed by atoms with van der Waals surface area (Å²) >= 11 is 0. The van der Waals surface area contributed by atoms with E-state index in [1.807, 2.05) is 18.2 Å². The second-order valence-corrected chi connectivity index (χ2v) is 5.57. The van der Waals surface area contributed by atoms with Gasteiger partial charge in [-0.15, -0.1) is 0 Å². The second-order valence-electron chi connectivity index (χ2n) is 5.57. The Balaban J connectivity index is 1.64. The molecule has 2 aliphatic rings. The maximum absolute atomic E-state index is 12.2. The maximum Gasteiger partial charge on any atom is 0.306 e. The smallest absolute Gasteiger partial charge is 0.306 e. The molecule has 1 aliphatic heterocycles. The van der Waals surface area contributed by atoms with Crippen LogP contribution in [0.15, 0.2) is 18.2 Å². The summed E-state index contributed by atoms with van der Waals surface area (Å²) in [5.41, 5.74) is 2.94. The fraction of sp³-hybridized carbons (Fsp3) is 0.467. The van der Waals surface area contributed by atoms with Gasteiger partial charge in [0.2, 0.25) is 0 Å². The van der Waals surface area contributed by atoms with E-state index in [0.29, 0.717) is 18.4 Å². The van der Waals surface area contributed by atoms with Gasteiger partial charge in [0.15, 0.2) is 0 Å². The van der Waals surface area contributed by atoms with Gasteiger partial charge in [-0.25, -0.2) is 0 Å². The zero-order chi connectivity index (χ0) is 14.1. The summed E-state index contributed by atoms with van der Waals surface area (Å²) in [5.74, 6) is -1.18. The summed E-state index contributed by atoms with van der Waals surface area (Å²) in [6.07, 6.45) is 2.87. The highest BCUT2D eigenvalue weighted by Gasteiger charge is 2.30. The number of hydrogen-bond donors (Lipinski definition) is 3. The number of carboxylic acid groups (broad SMARTS) is 1. The lowest BCUT2D eigenvalue weighted by atomic mass is 10.1. The van der Waals surface area contributed by atoms with Gasteiger partial charge in [0.25, 0.3) is 5.91 Å². The number of aliphatic carboxylic acids is 1. The summed E-state index contributed by atoms with van der Waals surface area (Å²) < 4.78 is 0. The topological polar surface area (TPSA) is 78.4 Å². The van der Waals surface area contributed by atoms with Crippen LogP contribution in [0.2, 0.25) is 0 Å². The lowest BCUT2D eigenvalue weighted by Gasteiger charge is -2.13. The number of nitrogens with one attached hydrogen (secondary N) is 2. The maximum atomic E-state index is 12.2. The van der Waals surface area contributed by atoms with E-state index in [1.165, 1.54) is 5.56 Å². The van der Waals surface area contributed by atoms with Crippen LogP contribution in [0, 0.1) is 5.92 Å². The quantitative estimate of drug-likeness (QED) is 0.783. The van der Waals surface area contributed by atoms with Gasteiger partial charge in [-0.1, -0.05) is 0 Å². The Morgan fingerprint density at radius 2 is 2.15 bits per heavy atom. The number of carboxylic acids is 1. The van der Waals surface area contributed by atoms with E-state index in [9.17, 15) is 9.59 Å². The lowest BCUT2D eigenvalue weighted by molar-refractivity contribution is -0.141. The van der Waals surface area contributed by atoms with Gasteiger partial charge in [0, 0.05) is 23.8 Å². The Kier molecular flexibility index (Phi) is 3.34. The predicted octanol–water partition coefficient (Wildman–Crippen LogP) is 1.64. The molecule has 1 fully saturated rings. The average molecular weight is 274 g/mol. The van der Waals surface area contributed by atoms with E-state index >= 15 is 0 Å².